The lowest BCUT2D eigenvalue weighted by Crippen LogP contribution is -2.44. The number of aryl methyl sites for hydroxylation is 1. The number of halogens is 1. The molecule has 1 aliphatic rings. The Kier molecular flexibility index (Phi) is 5.76. The van der Waals surface area contributed by atoms with Crippen LogP contribution < -0.4 is 4.74 Å². The third kappa shape index (κ3) is 3.98. The van der Waals surface area contributed by atoms with E-state index in [1.807, 2.05) is 12.1 Å². The van der Waals surface area contributed by atoms with Crippen LogP contribution in [0.1, 0.15) is 41.6 Å². The van der Waals surface area contributed by atoms with Gasteiger partial charge in [-0.3, -0.25) is 4.79 Å². The first kappa shape index (κ1) is 18.2. The van der Waals surface area contributed by atoms with Crippen LogP contribution in [0.3, 0.4) is 0 Å². The number of phenols is 1. The highest BCUT2D eigenvalue weighted by Crippen LogP contribution is 2.28. The summed E-state index contributed by atoms with van der Waals surface area (Å²) in [5, 5.41) is 9.61. The maximum absolute atomic E-state index is 14.3. The zero-order valence-corrected chi connectivity index (χ0v) is 15.0. The molecule has 3 rings (SSSR count). The Morgan fingerprint density at radius 3 is 2.85 bits per heavy atom. The molecule has 1 amide bonds. The Morgan fingerprint density at radius 1 is 1.27 bits per heavy atom. The number of carbonyl (C=O) groups is 1. The molecule has 1 N–H and O–H groups in total. The van der Waals surface area contributed by atoms with E-state index in [0.29, 0.717) is 6.54 Å². The number of methoxy groups -OCH3 is 1. The van der Waals surface area contributed by atoms with Crippen molar-refractivity contribution in [2.24, 2.45) is 0 Å². The van der Waals surface area contributed by atoms with E-state index >= 15 is 0 Å². The van der Waals surface area contributed by atoms with Crippen molar-refractivity contribution in [2.45, 2.75) is 38.1 Å². The van der Waals surface area contributed by atoms with E-state index in [0.717, 1.165) is 37.7 Å². The first-order valence-corrected chi connectivity index (χ1v) is 9.01. The smallest absolute Gasteiger partial charge is 0.260 e. The Labute approximate surface area is 153 Å². The van der Waals surface area contributed by atoms with Gasteiger partial charge < -0.3 is 14.7 Å². The summed E-state index contributed by atoms with van der Waals surface area (Å²) in [6, 6.07) is 11.7. The molecule has 1 heterocycles. The molecule has 138 valence electrons. The van der Waals surface area contributed by atoms with Gasteiger partial charge in [0.05, 0.1) is 7.11 Å². The van der Waals surface area contributed by atoms with Crippen molar-refractivity contribution in [1.29, 1.82) is 0 Å². The van der Waals surface area contributed by atoms with Crippen LogP contribution in [0.15, 0.2) is 42.5 Å². The molecule has 4 nitrogen and oxygen atoms in total. The lowest BCUT2D eigenvalue weighted by molar-refractivity contribution is 0.0593. The van der Waals surface area contributed by atoms with Crippen LogP contribution in [0, 0.1) is 5.82 Å². The highest BCUT2D eigenvalue weighted by atomic mass is 19.1. The zero-order valence-electron chi connectivity index (χ0n) is 15.0. The summed E-state index contributed by atoms with van der Waals surface area (Å²) in [7, 11) is 1.45. The summed E-state index contributed by atoms with van der Waals surface area (Å²) in [5.74, 6) is -0.338. The number of likely N-dealkylation sites (tertiary alicyclic amines) is 1. The van der Waals surface area contributed by atoms with Gasteiger partial charge in [0.15, 0.2) is 0 Å². The number of phenolic OH excluding ortho intramolecular Hbond substituents is 1. The van der Waals surface area contributed by atoms with Gasteiger partial charge in [-0.25, -0.2) is 4.39 Å². The second-order valence-electron chi connectivity index (χ2n) is 6.67. The molecule has 1 saturated heterocycles. The second-order valence-corrected chi connectivity index (χ2v) is 6.67. The number of ether oxygens (including phenoxy) is 1. The van der Waals surface area contributed by atoms with Gasteiger partial charge in [0.25, 0.3) is 5.91 Å². The number of nitrogens with zero attached hydrogens (tertiary/aromatic N) is 1. The van der Waals surface area contributed by atoms with Crippen LogP contribution in [0.4, 0.5) is 4.39 Å². The third-order valence-corrected chi connectivity index (χ3v) is 4.97. The van der Waals surface area contributed by atoms with Crippen LogP contribution in [-0.2, 0) is 6.42 Å². The maximum atomic E-state index is 14.3. The Bertz CT molecular complexity index is 778. The van der Waals surface area contributed by atoms with E-state index in [1.165, 1.54) is 13.2 Å². The van der Waals surface area contributed by atoms with Gasteiger partial charge in [-0.05, 0) is 61.9 Å². The molecule has 0 aromatic heterocycles. The summed E-state index contributed by atoms with van der Waals surface area (Å²) in [6.45, 7) is 0.626. The van der Waals surface area contributed by atoms with Crippen LogP contribution >= 0.6 is 0 Å². The minimum absolute atomic E-state index is 0.0132. The van der Waals surface area contributed by atoms with Crippen LogP contribution in [0.2, 0.25) is 0 Å². The van der Waals surface area contributed by atoms with Crippen molar-refractivity contribution in [3.63, 3.8) is 0 Å². The Balaban J connectivity index is 1.77. The summed E-state index contributed by atoms with van der Waals surface area (Å²) in [5.41, 5.74) is 1.05. The molecular weight excluding hydrogens is 333 g/mol. The molecule has 1 fully saturated rings. The fourth-order valence-electron chi connectivity index (χ4n) is 3.64. The topological polar surface area (TPSA) is 49.8 Å². The van der Waals surface area contributed by atoms with Gasteiger partial charge in [-0.15, -0.1) is 0 Å². The quantitative estimate of drug-likeness (QED) is 0.874. The molecule has 2 aromatic rings. The molecule has 1 aliphatic heterocycles. The highest BCUT2D eigenvalue weighted by molar-refractivity contribution is 5.97. The van der Waals surface area contributed by atoms with E-state index in [-0.39, 0.29) is 29.0 Å². The summed E-state index contributed by atoms with van der Waals surface area (Å²) in [4.78, 5) is 14.8. The predicted octanol–water partition coefficient (Wildman–Crippen LogP) is 4.17. The Hall–Kier alpha value is -2.56. The molecule has 26 heavy (non-hydrogen) atoms. The van der Waals surface area contributed by atoms with Crippen LogP contribution in [0.5, 0.6) is 11.5 Å². The lowest BCUT2D eigenvalue weighted by atomic mass is 9.94. The number of benzene rings is 2. The number of rotatable bonds is 5. The van der Waals surface area contributed by atoms with Crippen molar-refractivity contribution in [1.82, 2.24) is 4.90 Å². The average molecular weight is 357 g/mol. The SMILES string of the molecule is COc1cccc(F)c1C(=O)N1CCCCC1CCc1cccc(O)c1. The van der Waals surface area contributed by atoms with Crippen molar-refractivity contribution < 1.29 is 19.0 Å². The van der Waals surface area contributed by atoms with E-state index in [2.05, 4.69) is 0 Å². The molecule has 0 spiro atoms. The molecule has 0 aliphatic carbocycles. The van der Waals surface area contributed by atoms with Crippen molar-refractivity contribution in [3.8, 4) is 11.5 Å². The van der Waals surface area contributed by atoms with Crippen LogP contribution in [-0.4, -0.2) is 35.6 Å². The predicted molar refractivity (Wildman–Crippen MR) is 98.1 cm³/mol. The number of carbonyl (C=O) groups excluding carboxylic acids is 1. The maximum Gasteiger partial charge on any atom is 0.260 e. The molecule has 0 saturated carbocycles. The van der Waals surface area contributed by atoms with Gasteiger partial charge in [-0.2, -0.15) is 0 Å². The van der Waals surface area contributed by atoms with E-state index in [1.54, 1.807) is 29.2 Å². The van der Waals surface area contributed by atoms with E-state index in [9.17, 15) is 14.3 Å². The molecule has 5 heteroatoms. The number of piperidine rings is 1. The standard InChI is InChI=1S/C21H24FNO3/c1-26-19-10-5-9-18(22)20(19)21(25)23-13-3-2-7-16(23)12-11-15-6-4-8-17(24)14-15/h4-6,8-10,14,16,24H,2-3,7,11-13H2,1H3. The first-order valence-electron chi connectivity index (χ1n) is 9.01. The highest BCUT2D eigenvalue weighted by Gasteiger charge is 2.30. The zero-order chi connectivity index (χ0) is 18.5. The van der Waals surface area contributed by atoms with E-state index in [4.69, 9.17) is 4.74 Å². The fraction of sp³-hybridized carbons (Fsp3) is 0.381. The molecule has 1 atom stereocenters. The summed E-state index contributed by atoms with van der Waals surface area (Å²) < 4.78 is 19.5. The fourth-order valence-corrected chi connectivity index (χ4v) is 3.64. The van der Waals surface area contributed by atoms with Crippen molar-refractivity contribution in [2.75, 3.05) is 13.7 Å². The third-order valence-electron chi connectivity index (χ3n) is 4.97. The molecular formula is C21H24FNO3. The van der Waals surface area contributed by atoms with Gasteiger partial charge >= 0.3 is 0 Å². The summed E-state index contributed by atoms with van der Waals surface area (Å²) in [6.07, 6.45) is 4.43. The average Bonchev–Trinajstić information content (AvgIpc) is 2.66. The van der Waals surface area contributed by atoms with Gasteiger partial charge in [0.2, 0.25) is 0 Å². The Morgan fingerprint density at radius 2 is 2.08 bits per heavy atom. The first-order chi connectivity index (χ1) is 12.6. The van der Waals surface area contributed by atoms with Gasteiger partial charge in [0, 0.05) is 12.6 Å². The molecule has 2 aromatic carbocycles. The van der Waals surface area contributed by atoms with E-state index < -0.39 is 5.82 Å². The normalized spacial score (nSPS) is 17.2. The molecule has 0 bridgehead atoms. The second kappa shape index (κ2) is 8.21. The van der Waals surface area contributed by atoms with Crippen molar-refractivity contribution >= 4 is 5.91 Å². The summed E-state index contributed by atoms with van der Waals surface area (Å²) >= 11 is 0. The lowest BCUT2D eigenvalue weighted by Gasteiger charge is -2.36. The molecule has 1 unspecified atom stereocenters. The van der Waals surface area contributed by atoms with Crippen molar-refractivity contribution in [3.05, 3.63) is 59.4 Å². The minimum atomic E-state index is -0.549. The van der Waals surface area contributed by atoms with Gasteiger partial charge in [0.1, 0.15) is 22.9 Å². The monoisotopic (exact) mass is 357 g/mol. The van der Waals surface area contributed by atoms with Crippen LogP contribution in [0.25, 0.3) is 0 Å². The number of hydrogen-bond donors (Lipinski definition) is 1. The number of aromatic hydroxyl groups is 1. The minimum Gasteiger partial charge on any atom is -0.508 e. The number of amides is 1. The molecule has 0 radical (unpaired) electrons. The number of hydrogen-bond acceptors (Lipinski definition) is 3. The van der Waals surface area contributed by atoms with Gasteiger partial charge in [-0.1, -0.05) is 18.2 Å². The largest absolute Gasteiger partial charge is 0.508 e.